The summed E-state index contributed by atoms with van der Waals surface area (Å²) in [6.07, 6.45) is 0.101. The van der Waals surface area contributed by atoms with Crippen molar-refractivity contribution in [2.45, 2.75) is 33.8 Å². The summed E-state index contributed by atoms with van der Waals surface area (Å²) in [5.41, 5.74) is 8.76. The molecule has 0 bridgehead atoms. The average Bonchev–Trinajstić information content (AvgIpc) is 2.71. The molecule has 1 aromatic heterocycles. The zero-order valence-corrected chi connectivity index (χ0v) is 11.2. The van der Waals surface area contributed by atoms with Crippen molar-refractivity contribution in [1.82, 2.24) is 5.16 Å². The third-order valence-corrected chi connectivity index (χ3v) is 2.82. The third-order valence-electron chi connectivity index (χ3n) is 2.82. The molecule has 0 aliphatic rings. The van der Waals surface area contributed by atoms with Crippen LogP contribution < -0.4 is 10.5 Å². The number of nitrogens with two attached hydrogens (primary N) is 1. The third kappa shape index (κ3) is 2.32. The van der Waals surface area contributed by atoms with Crippen molar-refractivity contribution in [3.05, 3.63) is 29.3 Å². The lowest BCUT2D eigenvalue weighted by atomic mass is 10.0. The number of nitrogen functional groups attached to an aromatic ring is 1. The van der Waals surface area contributed by atoms with Crippen LogP contribution in [0.3, 0.4) is 0 Å². The molecule has 0 aliphatic heterocycles. The second-order valence-electron chi connectivity index (χ2n) is 4.67. The summed E-state index contributed by atoms with van der Waals surface area (Å²) in [5.74, 6) is 1.84. The fourth-order valence-electron chi connectivity index (χ4n) is 1.79. The normalized spacial score (nSPS) is 10.9. The van der Waals surface area contributed by atoms with Gasteiger partial charge in [0.15, 0.2) is 11.6 Å². The number of nitrogens with zero attached hydrogens (tertiary/aromatic N) is 1. The van der Waals surface area contributed by atoms with Crippen LogP contribution in [0.4, 0.5) is 5.82 Å². The molecule has 1 heterocycles. The van der Waals surface area contributed by atoms with Gasteiger partial charge in [0.2, 0.25) is 0 Å². The number of anilines is 1. The van der Waals surface area contributed by atoms with E-state index in [1.54, 1.807) is 6.07 Å². The van der Waals surface area contributed by atoms with Crippen LogP contribution in [-0.2, 0) is 0 Å². The molecule has 0 saturated heterocycles. The fraction of sp³-hybridized carbons (Fsp3) is 0.357. The summed E-state index contributed by atoms with van der Waals surface area (Å²) in [6.45, 7) is 8.10. The van der Waals surface area contributed by atoms with Crippen LogP contribution in [-0.4, -0.2) is 11.3 Å². The number of hydrogen-bond donors (Lipinski definition) is 1. The van der Waals surface area contributed by atoms with Crippen LogP contribution in [0.15, 0.2) is 22.7 Å². The van der Waals surface area contributed by atoms with Crippen molar-refractivity contribution in [2.75, 3.05) is 5.73 Å². The van der Waals surface area contributed by atoms with Crippen LogP contribution in [0, 0.1) is 13.8 Å². The quantitative estimate of drug-likeness (QED) is 0.902. The van der Waals surface area contributed by atoms with Gasteiger partial charge >= 0.3 is 0 Å². The minimum absolute atomic E-state index is 0.101. The highest BCUT2D eigenvalue weighted by Crippen LogP contribution is 2.36. The second-order valence-corrected chi connectivity index (χ2v) is 4.67. The summed E-state index contributed by atoms with van der Waals surface area (Å²) < 4.78 is 11.1. The van der Waals surface area contributed by atoms with Crippen molar-refractivity contribution in [3.63, 3.8) is 0 Å². The molecule has 4 nitrogen and oxygen atoms in total. The maximum atomic E-state index is 5.89. The van der Waals surface area contributed by atoms with Gasteiger partial charge in [-0.3, -0.25) is 0 Å². The van der Waals surface area contributed by atoms with Gasteiger partial charge in [-0.1, -0.05) is 11.2 Å². The van der Waals surface area contributed by atoms with E-state index in [1.807, 2.05) is 32.9 Å². The van der Waals surface area contributed by atoms with Crippen molar-refractivity contribution in [2.24, 2.45) is 0 Å². The van der Waals surface area contributed by atoms with E-state index in [0.717, 1.165) is 16.9 Å². The molecular weight excluding hydrogens is 228 g/mol. The van der Waals surface area contributed by atoms with E-state index in [4.69, 9.17) is 15.0 Å². The Hall–Kier alpha value is -1.97. The zero-order valence-electron chi connectivity index (χ0n) is 11.2. The highest BCUT2D eigenvalue weighted by atomic mass is 16.5. The first-order valence-corrected chi connectivity index (χ1v) is 5.98. The Kier molecular flexibility index (Phi) is 3.28. The van der Waals surface area contributed by atoms with Gasteiger partial charge in [0.05, 0.1) is 11.7 Å². The molecule has 0 saturated carbocycles. The van der Waals surface area contributed by atoms with Crippen LogP contribution >= 0.6 is 0 Å². The Bertz CT molecular complexity index is 559. The monoisotopic (exact) mass is 246 g/mol. The maximum absolute atomic E-state index is 5.89. The molecule has 2 N–H and O–H groups in total. The topological polar surface area (TPSA) is 61.3 Å². The fourth-order valence-corrected chi connectivity index (χ4v) is 1.79. The van der Waals surface area contributed by atoms with Gasteiger partial charge in [0.1, 0.15) is 5.75 Å². The molecule has 2 aromatic rings. The standard InChI is InChI=1S/C14H18N2O2/c1-8(2)17-14-10(4)9(3)5-6-11(14)12-7-13(15)16-18-12/h5-8H,1-4H3,(H2,15,16). The predicted molar refractivity (Wildman–Crippen MR) is 71.6 cm³/mol. The van der Waals surface area contributed by atoms with Crippen molar-refractivity contribution in [1.29, 1.82) is 0 Å². The van der Waals surface area contributed by atoms with Gasteiger partial charge in [0.25, 0.3) is 0 Å². The van der Waals surface area contributed by atoms with E-state index < -0.39 is 0 Å². The highest BCUT2D eigenvalue weighted by Gasteiger charge is 2.16. The predicted octanol–water partition coefficient (Wildman–Crippen LogP) is 3.33. The summed E-state index contributed by atoms with van der Waals surface area (Å²) in [6, 6.07) is 5.72. The van der Waals surface area contributed by atoms with Crippen LogP contribution in [0.25, 0.3) is 11.3 Å². The smallest absolute Gasteiger partial charge is 0.172 e. The lowest BCUT2D eigenvalue weighted by molar-refractivity contribution is 0.241. The summed E-state index contributed by atoms with van der Waals surface area (Å²) in [4.78, 5) is 0. The van der Waals surface area contributed by atoms with Gasteiger partial charge in [-0.15, -0.1) is 0 Å². The summed E-state index contributed by atoms with van der Waals surface area (Å²) >= 11 is 0. The van der Waals surface area contributed by atoms with Crippen molar-refractivity contribution < 1.29 is 9.26 Å². The lowest BCUT2D eigenvalue weighted by Crippen LogP contribution is -2.08. The Morgan fingerprint density at radius 3 is 2.56 bits per heavy atom. The van der Waals surface area contributed by atoms with Gasteiger partial charge in [-0.25, -0.2) is 0 Å². The molecule has 96 valence electrons. The molecule has 0 aliphatic carbocycles. The summed E-state index contributed by atoms with van der Waals surface area (Å²) in [5, 5.41) is 3.71. The molecule has 4 heteroatoms. The van der Waals surface area contributed by atoms with Gasteiger partial charge < -0.3 is 15.0 Å². The van der Waals surface area contributed by atoms with Gasteiger partial charge in [-0.05, 0) is 44.9 Å². The molecule has 0 fully saturated rings. The van der Waals surface area contributed by atoms with E-state index in [1.165, 1.54) is 5.56 Å². The number of hydrogen-bond acceptors (Lipinski definition) is 4. The zero-order chi connectivity index (χ0) is 13.3. The second kappa shape index (κ2) is 4.72. The Morgan fingerprint density at radius 1 is 1.28 bits per heavy atom. The van der Waals surface area contributed by atoms with Gasteiger partial charge in [0, 0.05) is 6.07 Å². The number of aromatic nitrogens is 1. The lowest BCUT2D eigenvalue weighted by Gasteiger charge is -2.17. The van der Waals surface area contributed by atoms with E-state index >= 15 is 0 Å². The first-order chi connectivity index (χ1) is 8.49. The van der Waals surface area contributed by atoms with E-state index in [9.17, 15) is 0 Å². The molecule has 0 amide bonds. The first kappa shape index (κ1) is 12.5. The maximum Gasteiger partial charge on any atom is 0.172 e. The number of rotatable bonds is 3. The minimum atomic E-state index is 0.101. The molecule has 18 heavy (non-hydrogen) atoms. The van der Waals surface area contributed by atoms with Crippen molar-refractivity contribution >= 4 is 5.82 Å². The minimum Gasteiger partial charge on any atom is -0.490 e. The Balaban J connectivity index is 2.56. The Labute approximate surface area is 107 Å². The van der Waals surface area contributed by atoms with E-state index in [0.29, 0.717) is 11.6 Å². The van der Waals surface area contributed by atoms with E-state index in [2.05, 4.69) is 12.1 Å². The molecule has 2 rings (SSSR count). The largest absolute Gasteiger partial charge is 0.490 e. The van der Waals surface area contributed by atoms with Gasteiger partial charge in [-0.2, -0.15) is 0 Å². The van der Waals surface area contributed by atoms with Crippen molar-refractivity contribution in [3.8, 4) is 17.1 Å². The first-order valence-electron chi connectivity index (χ1n) is 5.98. The van der Waals surface area contributed by atoms with E-state index in [-0.39, 0.29) is 6.10 Å². The number of ether oxygens (including phenoxy) is 1. The Morgan fingerprint density at radius 2 is 2.00 bits per heavy atom. The number of aryl methyl sites for hydroxylation is 1. The molecular formula is C14H18N2O2. The molecule has 0 spiro atoms. The molecule has 0 radical (unpaired) electrons. The molecule has 0 atom stereocenters. The molecule has 0 unspecified atom stereocenters. The SMILES string of the molecule is Cc1ccc(-c2cc(N)no2)c(OC(C)C)c1C. The summed E-state index contributed by atoms with van der Waals surface area (Å²) in [7, 11) is 0. The van der Waals surface area contributed by atoms with Crippen LogP contribution in [0.1, 0.15) is 25.0 Å². The highest BCUT2D eigenvalue weighted by molar-refractivity contribution is 5.70. The van der Waals surface area contributed by atoms with Crippen LogP contribution in [0.2, 0.25) is 0 Å². The number of benzene rings is 1. The average molecular weight is 246 g/mol. The van der Waals surface area contributed by atoms with Crippen LogP contribution in [0.5, 0.6) is 5.75 Å². The molecule has 1 aromatic carbocycles.